The number of alkyl halides is 1. The molecule has 0 radical (unpaired) electrons. The third-order valence-electron chi connectivity index (χ3n) is 3.01. The van der Waals surface area contributed by atoms with Gasteiger partial charge in [-0.15, -0.1) is 0 Å². The van der Waals surface area contributed by atoms with Crippen LogP contribution < -0.4 is 0 Å². The molecule has 88 valence electrons. The van der Waals surface area contributed by atoms with E-state index in [1.807, 2.05) is 0 Å². The summed E-state index contributed by atoms with van der Waals surface area (Å²) in [7, 11) is 0. The zero-order valence-corrected chi connectivity index (χ0v) is 13.7. The Morgan fingerprint density at radius 3 is 1.86 bits per heavy atom. The third kappa shape index (κ3) is 5.51. The van der Waals surface area contributed by atoms with Crippen molar-refractivity contribution in [1.82, 2.24) is 0 Å². The molecule has 0 nitrogen and oxygen atoms in total. The molecule has 0 saturated heterocycles. The Morgan fingerprint density at radius 2 is 1.57 bits per heavy atom. The van der Waals surface area contributed by atoms with Gasteiger partial charge in [-0.1, -0.05) is 0 Å². The van der Waals surface area contributed by atoms with Gasteiger partial charge in [-0.05, 0) is 0 Å². The van der Waals surface area contributed by atoms with Crippen LogP contribution in [-0.4, -0.2) is 23.9 Å². The molecular formula is C11H25ClIP. The Labute approximate surface area is 108 Å². The van der Waals surface area contributed by atoms with E-state index in [1.54, 1.807) is 0 Å². The molecule has 0 aromatic heterocycles. The van der Waals surface area contributed by atoms with Crippen molar-refractivity contribution in [3.63, 3.8) is 0 Å². The number of hydrogen-bond acceptors (Lipinski definition) is 0. The van der Waals surface area contributed by atoms with Crippen molar-refractivity contribution in [2.24, 2.45) is 0 Å². The molecule has 1 atom stereocenters. The minimum atomic E-state index is -1.06. The molecule has 14 heavy (non-hydrogen) atoms. The van der Waals surface area contributed by atoms with Gasteiger partial charge in [0.1, 0.15) is 0 Å². The quantitative estimate of drug-likeness (QED) is 0.316. The molecule has 0 spiro atoms. The number of halogens is 2. The van der Waals surface area contributed by atoms with Crippen molar-refractivity contribution < 1.29 is 0 Å². The predicted octanol–water partition coefficient (Wildman–Crippen LogP) is 5.31. The van der Waals surface area contributed by atoms with Crippen molar-refractivity contribution in [3.8, 4) is 0 Å². The fourth-order valence-corrected chi connectivity index (χ4v) is 9.71. The molecule has 0 N–H and O–H groups in total. The normalized spacial score (nSPS) is 15.5. The second kappa shape index (κ2) is 8.58. The predicted molar refractivity (Wildman–Crippen MR) is 82.1 cm³/mol. The van der Waals surface area contributed by atoms with E-state index in [4.69, 9.17) is 11.6 Å². The van der Waals surface area contributed by atoms with Crippen molar-refractivity contribution in [2.45, 2.75) is 52.1 Å². The molecule has 0 aliphatic carbocycles. The van der Waals surface area contributed by atoms with Crippen molar-refractivity contribution >= 4 is 38.5 Å². The van der Waals surface area contributed by atoms with E-state index in [1.165, 1.54) is 38.0 Å². The van der Waals surface area contributed by atoms with Crippen LogP contribution in [0.15, 0.2) is 0 Å². The summed E-state index contributed by atoms with van der Waals surface area (Å²) >= 11 is 8.83. The summed E-state index contributed by atoms with van der Waals surface area (Å²) in [5.41, 5.74) is 0.780. The van der Waals surface area contributed by atoms with Crippen molar-refractivity contribution in [2.75, 3.05) is 18.2 Å². The van der Waals surface area contributed by atoms with Crippen LogP contribution in [0.4, 0.5) is 0 Å². The fourth-order valence-electron chi connectivity index (χ4n) is 1.70. The van der Waals surface area contributed by atoms with Crippen LogP contribution in [0, 0.1) is 0 Å². The van der Waals surface area contributed by atoms with Crippen LogP contribution in [-0.2, 0) is 0 Å². The van der Waals surface area contributed by atoms with Gasteiger partial charge >= 0.3 is 109 Å². The van der Waals surface area contributed by atoms with Gasteiger partial charge in [-0.25, -0.2) is 0 Å². The first-order valence-electron chi connectivity index (χ1n) is 5.85. The SMILES string of the molecule is CCCC[PH](I)(CCCC)C(C)CCl. The maximum absolute atomic E-state index is 6.02. The Balaban J connectivity index is 4.16. The second-order valence-corrected chi connectivity index (χ2v) is 15.1. The summed E-state index contributed by atoms with van der Waals surface area (Å²) in [5, 5.41) is 0. The van der Waals surface area contributed by atoms with Crippen molar-refractivity contribution in [3.05, 3.63) is 0 Å². The summed E-state index contributed by atoms with van der Waals surface area (Å²) in [6.45, 7) is 6.93. The van der Waals surface area contributed by atoms with Crippen LogP contribution in [0.25, 0.3) is 0 Å². The van der Waals surface area contributed by atoms with Gasteiger partial charge < -0.3 is 0 Å². The monoisotopic (exact) mass is 350 g/mol. The van der Waals surface area contributed by atoms with Gasteiger partial charge in [0.25, 0.3) is 0 Å². The van der Waals surface area contributed by atoms with E-state index < -0.39 is 4.90 Å². The molecule has 0 rings (SSSR count). The Kier molecular flexibility index (Phi) is 9.47. The molecule has 3 heteroatoms. The van der Waals surface area contributed by atoms with Gasteiger partial charge in [0, 0.05) is 0 Å². The molecule has 0 aliphatic heterocycles. The van der Waals surface area contributed by atoms with Gasteiger partial charge in [-0.3, -0.25) is 0 Å². The fraction of sp³-hybridized carbons (Fsp3) is 1.00. The number of rotatable bonds is 8. The third-order valence-corrected chi connectivity index (χ3v) is 14.5. The Morgan fingerprint density at radius 1 is 1.14 bits per heavy atom. The zero-order chi connectivity index (χ0) is 11.0. The van der Waals surface area contributed by atoms with E-state index in [-0.39, 0.29) is 0 Å². The minimum absolute atomic E-state index is 0.780. The Hall–Kier alpha value is 1.45. The molecule has 0 aliphatic rings. The topological polar surface area (TPSA) is 0 Å². The molecule has 0 amide bonds. The molecule has 0 aromatic rings. The first kappa shape index (κ1) is 15.4. The summed E-state index contributed by atoms with van der Waals surface area (Å²) < 4.78 is 0. The van der Waals surface area contributed by atoms with Gasteiger partial charge in [0.15, 0.2) is 0 Å². The molecule has 0 aromatic carbocycles. The summed E-state index contributed by atoms with van der Waals surface area (Å²) in [5.74, 6) is 0.864. The standard InChI is InChI=1S/C11H25ClIP/c1-4-6-8-14(13,9-7-5-2)11(3)10-12/h11,14H,4-10H2,1-3H3. The molecule has 1 unspecified atom stereocenters. The second-order valence-electron chi connectivity index (χ2n) is 4.30. The van der Waals surface area contributed by atoms with Crippen LogP contribution in [0.3, 0.4) is 0 Å². The van der Waals surface area contributed by atoms with Crippen LogP contribution in [0.2, 0.25) is 0 Å². The molecule has 0 saturated carbocycles. The van der Waals surface area contributed by atoms with Gasteiger partial charge in [0.2, 0.25) is 0 Å². The molecule has 0 bridgehead atoms. The van der Waals surface area contributed by atoms with Crippen molar-refractivity contribution in [1.29, 1.82) is 0 Å². The van der Waals surface area contributed by atoms with E-state index in [0.29, 0.717) is 0 Å². The molecular weight excluding hydrogens is 325 g/mol. The summed E-state index contributed by atoms with van der Waals surface area (Å²) in [4.78, 5) is -1.06. The van der Waals surface area contributed by atoms with Crippen LogP contribution in [0.1, 0.15) is 46.5 Å². The number of hydrogen-bond donors (Lipinski definition) is 0. The van der Waals surface area contributed by atoms with Gasteiger partial charge in [0.05, 0.1) is 0 Å². The van der Waals surface area contributed by atoms with Crippen LogP contribution in [0.5, 0.6) is 0 Å². The maximum atomic E-state index is 6.02. The van der Waals surface area contributed by atoms with E-state index >= 15 is 0 Å². The van der Waals surface area contributed by atoms with E-state index in [2.05, 4.69) is 42.8 Å². The Bertz CT molecular complexity index is 133. The van der Waals surface area contributed by atoms with Gasteiger partial charge in [-0.2, -0.15) is 0 Å². The molecule has 0 fully saturated rings. The van der Waals surface area contributed by atoms with E-state index in [0.717, 1.165) is 11.5 Å². The number of unbranched alkanes of at least 4 members (excludes halogenated alkanes) is 2. The zero-order valence-electron chi connectivity index (χ0n) is 9.78. The first-order chi connectivity index (χ1) is 6.60. The average Bonchev–Trinajstić information content (AvgIpc) is 2.22. The summed E-state index contributed by atoms with van der Waals surface area (Å²) in [6.07, 6.45) is 8.41. The van der Waals surface area contributed by atoms with Crippen LogP contribution >= 0.6 is 38.5 Å². The summed E-state index contributed by atoms with van der Waals surface area (Å²) in [6, 6.07) is 0. The average molecular weight is 351 g/mol. The van der Waals surface area contributed by atoms with E-state index in [9.17, 15) is 0 Å². The first-order valence-corrected chi connectivity index (χ1v) is 12.0. The molecule has 0 heterocycles.